The van der Waals surface area contributed by atoms with E-state index in [1.165, 1.54) is 17.0 Å². The molecule has 2 aliphatic heterocycles. The molecule has 1 aromatic rings. The van der Waals surface area contributed by atoms with E-state index < -0.39 is 10.0 Å². The lowest BCUT2D eigenvalue weighted by molar-refractivity contribution is 0.0260. The number of rotatable bonds is 3. The Morgan fingerprint density at radius 2 is 1.96 bits per heavy atom. The van der Waals surface area contributed by atoms with E-state index in [0.717, 1.165) is 44.2 Å². The molecule has 8 heteroatoms. The lowest BCUT2D eigenvalue weighted by Crippen LogP contribution is -2.38. The molecular formula is C19H27N3O4S. The van der Waals surface area contributed by atoms with Crippen molar-refractivity contribution in [2.75, 3.05) is 30.8 Å². The first kappa shape index (κ1) is 18.7. The summed E-state index contributed by atoms with van der Waals surface area (Å²) in [5.41, 5.74) is 0.489. The third kappa shape index (κ3) is 3.82. The van der Waals surface area contributed by atoms with Crippen molar-refractivity contribution in [3.63, 3.8) is 0 Å². The molecular weight excluding hydrogens is 366 g/mol. The van der Waals surface area contributed by atoms with Crippen molar-refractivity contribution in [2.24, 2.45) is 0 Å². The van der Waals surface area contributed by atoms with Crippen LogP contribution in [0.1, 0.15) is 56.6 Å². The van der Waals surface area contributed by atoms with Crippen LogP contribution in [0.3, 0.4) is 0 Å². The standard InChI is InChI=1S/C19H27N3O4S/c1-27(24,25)21-12-6-7-15(13-21)16-8-5-9-17(20-16)22-14-19(26-18(22)23)10-3-2-4-11-19/h5,8-9,15H,2-4,6-7,10-14H2,1H3. The summed E-state index contributed by atoms with van der Waals surface area (Å²) in [5.74, 6) is 0.659. The van der Waals surface area contributed by atoms with Gasteiger partial charge in [0, 0.05) is 24.7 Å². The maximum Gasteiger partial charge on any atom is 0.416 e. The van der Waals surface area contributed by atoms with Gasteiger partial charge in [-0.15, -0.1) is 0 Å². The fraction of sp³-hybridized carbons (Fsp3) is 0.684. The Hall–Kier alpha value is -1.67. The van der Waals surface area contributed by atoms with Gasteiger partial charge < -0.3 is 4.74 Å². The van der Waals surface area contributed by atoms with Crippen LogP contribution in [-0.2, 0) is 14.8 Å². The van der Waals surface area contributed by atoms with Gasteiger partial charge in [0.2, 0.25) is 10.0 Å². The molecule has 1 atom stereocenters. The Morgan fingerprint density at radius 1 is 1.19 bits per heavy atom. The van der Waals surface area contributed by atoms with Crippen molar-refractivity contribution in [1.29, 1.82) is 0 Å². The minimum atomic E-state index is -3.20. The Bertz CT molecular complexity index is 820. The normalized spacial score (nSPS) is 26.3. The van der Waals surface area contributed by atoms with Gasteiger partial charge in [-0.3, -0.25) is 4.90 Å². The number of pyridine rings is 1. The van der Waals surface area contributed by atoms with Gasteiger partial charge in [0.25, 0.3) is 0 Å². The van der Waals surface area contributed by atoms with Crippen LogP contribution in [-0.4, -0.2) is 55.3 Å². The van der Waals surface area contributed by atoms with Gasteiger partial charge in [0.1, 0.15) is 11.4 Å². The van der Waals surface area contributed by atoms with E-state index in [4.69, 9.17) is 9.72 Å². The molecule has 148 valence electrons. The lowest BCUT2D eigenvalue weighted by Gasteiger charge is -2.31. The molecule has 2 saturated heterocycles. The molecule has 1 saturated carbocycles. The number of carbonyl (C=O) groups excluding carboxylic acids is 1. The first-order valence-electron chi connectivity index (χ1n) is 9.79. The Labute approximate surface area is 160 Å². The highest BCUT2D eigenvalue weighted by molar-refractivity contribution is 7.88. The fourth-order valence-electron chi connectivity index (χ4n) is 4.56. The topological polar surface area (TPSA) is 79.8 Å². The van der Waals surface area contributed by atoms with Gasteiger partial charge >= 0.3 is 6.09 Å². The molecule has 3 fully saturated rings. The van der Waals surface area contributed by atoms with Crippen molar-refractivity contribution in [2.45, 2.75) is 56.5 Å². The number of sulfonamides is 1. The van der Waals surface area contributed by atoms with Crippen LogP contribution in [0.5, 0.6) is 0 Å². The molecule has 3 aliphatic rings. The molecule has 0 aromatic carbocycles. The van der Waals surface area contributed by atoms with Gasteiger partial charge in [-0.25, -0.2) is 22.5 Å². The summed E-state index contributed by atoms with van der Waals surface area (Å²) >= 11 is 0. The number of nitrogens with zero attached hydrogens (tertiary/aromatic N) is 3. The van der Waals surface area contributed by atoms with Gasteiger partial charge in [-0.1, -0.05) is 12.5 Å². The fourth-order valence-corrected chi connectivity index (χ4v) is 5.47. The van der Waals surface area contributed by atoms with Crippen LogP contribution in [0.2, 0.25) is 0 Å². The molecule has 0 N–H and O–H groups in total. The second-order valence-electron chi connectivity index (χ2n) is 8.08. The number of piperidine rings is 1. The van der Waals surface area contributed by atoms with Crippen molar-refractivity contribution in [3.05, 3.63) is 23.9 Å². The summed E-state index contributed by atoms with van der Waals surface area (Å²) in [4.78, 5) is 18.9. The summed E-state index contributed by atoms with van der Waals surface area (Å²) in [6, 6.07) is 5.66. The number of hydrogen-bond acceptors (Lipinski definition) is 5. The van der Waals surface area contributed by atoms with Crippen LogP contribution in [0.4, 0.5) is 10.6 Å². The molecule has 1 unspecified atom stereocenters. The summed E-state index contributed by atoms with van der Waals surface area (Å²) in [5, 5.41) is 0. The third-order valence-corrected chi connectivity index (χ3v) is 7.31. The van der Waals surface area contributed by atoms with Crippen molar-refractivity contribution in [1.82, 2.24) is 9.29 Å². The molecule has 0 radical (unpaired) electrons. The van der Waals surface area contributed by atoms with Crippen molar-refractivity contribution in [3.8, 4) is 0 Å². The highest BCUT2D eigenvalue weighted by Crippen LogP contribution is 2.38. The monoisotopic (exact) mass is 393 g/mol. The highest BCUT2D eigenvalue weighted by atomic mass is 32.2. The van der Waals surface area contributed by atoms with E-state index in [1.807, 2.05) is 18.2 Å². The molecule has 1 amide bonds. The van der Waals surface area contributed by atoms with E-state index in [9.17, 15) is 13.2 Å². The molecule has 4 rings (SSSR count). The first-order valence-corrected chi connectivity index (χ1v) is 11.6. The maximum absolute atomic E-state index is 12.5. The third-order valence-electron chi connectivity index (χ3n) is 6.04. The lowest BCUT2D eigenvalue weighted by atomic mass is 9.85. The maximum atomic E-state index is 12.5. The minimum absolute atomic E-state index is 0.0516. The second kappa shape index (κ2) is 7.05. The summed E-state index contributed by atoms with van der Waals surface area (Å²) < 4.78 is 31.1. The van der Waals surface area contributed by atoms with Gasteiger partial charge in [0.15, 0.2) is 0 Å². The predicted octanol–water partition coefficient (Wildman–Crippen LogP) is 2.88. The second-order valence-corrected chi connectivity index (χ2v) is 10.1. The summed E-state index contributed by atoms with van der Waals surface area (Å²) in [7, 11) is -3.20. The number of aromatic nitrogens is 1. The molecule has 27 heavy (non-hydrogen) atoms. The Morgan fingerprint density at radius 3 is 2.70 bits per heavy atom. The van der Waals surface area contributed by atoms with Crippen molar-refractivity contribution < 1.29 is 17.9 Å². The first-order chi connectivity index (χ1) is 12.9. The number of ether oxygens (including phenoxy) is 1. The molecule has 1 spiro atoms. The van der Waals surface area contributed by atoms with Crippen molar-refractivity contribution >= 4 is 21.9 Å². The number of hydrogen-bond donors (Lipinski definition) is 0. The molecule has 1 aromatic heterocycles. The van der Waals surface area contributed by atoms with Crippen LogP contribution < -0.4 is 4.90 Å². The van der Waals surface area contributed by atoms with E-state index in [0.29, 0.717) is 25.5 Å². The van der Waals surface area contributed by atoms with Crippen LogP contribution in [0.15, 0.2) is 18.2 Å². The number of anilines is 1. The predicted molar refractivity (Wildman–Crippen MR) is 102 cm³/mol. The van der Waals surface area contributed by atoms with Gasteiger partial charge in [0.05, 0.1) is 12.8 Å². The Kier molecular flexibility index (Phi) is 4.88. The SMILES string of the molecule is CS(=O)(=O)N1CCCC(c2cccc(N3CC4(CCCCC4)OC3=O)n2)C1. The average molecular weight is 394 g/mol. The zero-order chi connectivity index (χ0) is 19.1. The highest BCUT2D eigenvalue weighted by Gasteiger charge is 2.46. The van der Waals surface area contributed by atoms with E-state index in [-0.39, 0.29) is 17.6 Å². The Balaban J connectivity index is 1.53. The van der Waals surface area contributed by atoms with Gasteiger partial charge in [-0.2, -0.15) is 0 Å². The summed E-state index contributed by atoms with van der Waals surface area (Å²) in [6.07, 6.45) is 7.88. The molecule has 7 nitrogen and oxygen atoms in total. The zero-order valence-corrected chi connectivity index (χ0v) is 16.6. The minimum Gasteiger partial charge on any atom is -0.441 e. The quantitative estimate of drug-likeness (QED) is 0.789. The largest absolute Gasteiger partial charge is 0.441 e. The summed E-state index contributed by atoms with van der Waals surface area (Å²) in [6.45, 7) is 1.57. The molecule has 1 aliphatic carbocycles. The van der Waals surface area contributed by atoms with Crippen LogP contribution in [0, 0.1) is 0 Å². The zero-order valence-electron chi connectivity index (χ0n) is 15.8. The average Bonchev–Trinajstić information content (AvgIpc) is 2.97. The van der Waals surface area contributed by atoms with E-state index in [1.54, 1.807) is 4.90 Å². The van der Waals surface area contributed by atoms with E-state index >= 15 is 0 Å². The molecule has 3 heterocycles. The number of carbonyl (C=O) groups is 1. The van der Waals surface area contributed by atoms with Crippen LogP contribution >= 0.6 is 0 Å². The van der Waals surface area contributed by atoms with Gasteiger partial charge in [-0.05, 0) is 50.7 Å². The molecule has 0 bridgehead atoms. The number of amides is 1. The van der Waals surface area contributed by atoms with E-state index in [2.05, 4.69) is 0 Å². The van der Waals surface area contributed by atoms with Crippen LogP contribution in [0.25, 0.3) is 0 Å². The smallest absolute Gasteiger partial charge is 0.416 e.